The maximum Gasteiger partial charge on any atom is 0.345 e. The lowest BCUT2D eigenvalue weighted by molar-refractivity contribution is 0.0702. The minimum absolute atomic E-state index is 0.234. The highest BCUT2D eigenvalue weighted by Gasteiger charge is 2.07. The molecule has 1 aromatic heterocycles. The first-order chi connectivity index (χ1) is 8.54. The lowest BCUT2D eigenvalue weighted by Gasteiger charge is -2.04. The molecule has 0 amide bonds. The van der Waals surface area contributed by atoms with Crippen LogP contribution in [0.2, 0.25) is 0 Å². The molecule has 0 aliphatic carbocycles. The van der Waals surface area contributed by atoms with Crippen molar-refractivity contribution in [2.75, 3.05) is 5.32 Å². The van der Waals surface area contributed by atoms with Crippen LogP contribution in [-0.2, 0) is 6.54 Å². The number of hydrogen-bond acceptors (Lipinski definition) is 3. The molecule has 0 unspecified atom stereocenters. The van der Waals surface area contributed by atoms with Crippen molar-refractivity contribution in [3.8, 4) is 0 Å². The van der Waals surface area contributed by atoms with E-state index in [0.717, 1.165) is 22.3 Å². The molecule has 0 aliphatic heterocycles. The average Bonchev–Trinajstić information content (AvgIpc) is 2.73. The smallest absolute Gasteiger partial charge is 0.345 e. The Bertz CT molecular complexity index is 563. The number of thiophene rings is 1. The van der Waals surface area contributed by atoms with E-state index in [1.54, 1.807) is 6.07 Å². The fraction of sp³-hybridized carbons (Fsp3) is 0.0833. The van der Waals surface area contributed by atoms with Gasteiger partial charge in [0.05, 0.1) is 0 Å². The van der Waals surface area contributed by atoms with Gasteiger partial charge in [0.2, 0.25) is 0 Å². The Morgan fingerprint density at radius 2 is 1.89 bits per heavy atom. The van der Waals surface area contributed by atoms with E-state index in [2.05, 4.69) is 5.32 Å². The molecule has 0 fully saturated rings. The van der Waals surface area contributed by atoms with E-state index in [1.807, 2.05) is 0 Å². The summed E-state index contributed by atoms with van der Waals surface area (Å²) >= 11 is 1.12. The van der Waals surface area contributed by atoms with Crippen LogP contribution in [0.3, 0.4) is 0 Å². The van der Waals surface area contributed by atoms with Gasteiger partial charge in [0.25, 0.3) is 0 Å². The minimum atomic E-state index is -0.983. The van der Waals surface area contributed by atoms with Crippen molar-refractivity contribution >= 4 is 23.0 Å². The summed E-state index contributed by atoms with van der Waals surface area (Å²) < 4.78 is 25.8. The van der Waals surface area contributed by atoms with Crippen molar-refractivity contribution in [1.82, 2.24) is 0 Å². The third-order valence-electron chi connectivity index (χ3n) is 2.20. The van der Waals surface area contributed by atoms with Gasteiger partial charge in [-0.1, -0.05) is 0 Å². The Kier molecular flexibility index (Phi) is 3.57. The van der Waals surface area contributed by atoms with E-state index in [1.165, 1.54) is 18.2 Å². The molecule has 0 saturated carbocycles. The predicted octanol–water partition coefficient (Wildman–Crippen LogP) is 3.34. The molecule has 0 atom stereocenters. The fourth-order valence-corrected chi connectivity index (χ4v) is 2.22. The summed E-state index contributed by atoms with van der Waals surface area (Å²) in [6.07, 6.45) is 0. The van der Waals surface area contributed by atoms with Gasteiger partial charge >= 0.3 is 5.97 Å². The molecule has 3 nitrogen and oxygen atoms in total. The molecule has 0 saturated heterocycles. The monoisotopic (exact) mass is 269 g/mol. The summed E-state index contributed by atoms with van der Waals surface area (Å²) in [6, 6.07) is 6.30. The van der Waals surface area contributed by atoms with E-state index < -0.39 is 17.6 Å². The highest BCUT2D eigenvalue weighted by molar-refractivity contribution is 7.13. The SMILES string of the molecule is O=C(O)c1ccc(CNc2cc(F)cc(F)c2)s1. The van der Waals surface area contributed by atoms with E-state index >= 15 is 0 Å². The van der Waals surface area contributed by atoms with E-state index in [0.29, 0.717) is 12.2 Å². The third kappa shape index (κ3) is 3.04. The number of anilines is 1. The third-order valence-corrected chi connectivity index (χ3v) is 3.27. The largest absolute Gasteiger partial charge is 0.477 e. The van der Waals surface area contributed by atoms with Crippen LogP contribution in [0.25, 0.3) is 0 Å². The number of nitrogens with one attached hydrogen (secondary N) is 1. The van der Waals surface area contributed by atoms with Crippen molar-refractivity contribution in [3.63, 3.8) is 0 Å². The Morgan fingerprint density at radius 1 is 1.22 bits per heavy atom. The Hall–Kier alpha value is -1.95. The van der Waals surface area contributed by atoms with Crippen LogP contribution in [-0.4, -0.2) is 11.1 Å². The van der Waals surface area contributed by atoms with Crippen LogP contribution in [0, 0.1) is 11.6 Å². The zero-order chi connectivity index (χ0) is 13.1. The summed E-state index contributed by atoms with van der Waals surface area (Å²) in [7, 11) is 0. The van der Waals surface area contributed by atoms with Crippen LogP contribution < -0.4 is 5.32 Å². The van der Waals surface area contributed by atoms with Crippen molar-refractivity contribution in [2.24, 2.45) is 0 Å². The Labute approximate surface area is 106 Å². The van der Waals surface area contributed by atoms with Crippen molar-refractivity contribution in [1.29, 1.82) is 0 Å². The van der Waals surface area contributed by atoms with Gasteiger partial charge in [-0.05, 0) is 24.3 Å². The lowest BCUT2D eigenvalue weighted by atomic mass is 10.3. The minimum Gasteiger partial charge on any atom is -0.477 e. The molecule has 94 valence electrons. The second kappa shape index (κ2) is 5.14. The molecule has 1 aromatic carbocycles. The van der Waals surface area contributed by atoms with Crippen LogP contribution in [0.5, 0.6) is 0 Å². The van der Waals surface area contributed by atoms with Crippen LogP contribution in [0.1, 0.15) is 14.5 Å². The first-order valence-corrected chi connectivity index (χ1v) is 5.88. The van der Waals surface area contributed by atoms with Gasteiger partial charge in [-0.25, -0.2) is 13.6 Å². The number of aromatic carboxylic acids is 1. The van der Waals surface area contributed by atoms with Crippen LogP contribution in [0.4, 0.5) is 14.5 Å². The zero-order valence-electron chi connectivity index (χ0n) is 9.11. The van der Waals surface area contributed by atoms with Gasteiger partial charge in [0.15, 0.2) is 0 Å². The summed E-state index contributed by atoms with van der Waals surface area (Å²) in [5.74, 6) is -2.30. The quantitative estimate of drug-likeness (QED) is 0.895. The van der Waals surface area contributed by atoms with Crippen molar-refractivity contribution in [3.05, 3.63) is 51.7 Å². The Morgan fingerprint density at radius 3 is 2.44 bits per heavy atom. The maximum atomic E-state index is 12.9. The molecule has 2 aromatic rings. The van der Waals surface area contributed by atoms with Crippen molar-refractivity contribution in [2.45, 2.75) is 6.54 Å². The number of rotatable bonds is 4. The van der Waals surface area contributed by atoms with Gasteiger partial charge in [0, 0.05) is 23.2 Å². The molecule has 1 heterocycles. The summed E-state index contributed by atoms with van der Waals surface area (Å²) in [5.41, 5.74) is 0.317. The topological polar surface area (TPSA) is 49.3 Å². The molecule has 6 heteroatoms. The highest BCUT2D eigenvalue weighted by Crippen LogP contribution is 2.19. The highest BCUT2D eigenvalue weighted by atomic mass is 32.1. The normalized spacial score (nSPS) is 10.3. The van der Waals surface area contributed by atoms with Crippen LogP contribution in [0.15, 0.2) is 30.3 Å². The lowest BCUT2D eigenvalue weighted by Crippen LogP contribution is -1.98. The molecule has 2 rings (SSSR count). The van der Waals surface area contributed by atoms with Gasteiger partial charge in [0.1, 0.15) is 16.5 Å². The zero-order valence-corrected chi connectivity index (χ0v) is 9.93. The van der Waals surface area contributed by atoms with E-state index in [-0.39, 0.29) is 4.88 Å². The predicted molar refractivity (Wildman–Crippen MR) is 65.0 cm³/mol. The Balaban J connectivity index is 2.04. The van der Waals surface area contributed by atoms with Gasteiger partial charge in [-0.3, -0.25) is 0 Å². The summed E-state index contributed by atoms with van der Waals surface area (Å²) in [5, 5.41) is 11.6. The number of benzene rings is 1. The number of carboxylic acids is 1. The number of halogens is 2. The molecule has 18 heavy (non-hydrogen) atoms. The van der Waals surface area contributed by atoms with Crippen LogP contribution >= 0.6 is 11.3 Å². The van der Waals surface area contributed by atoms with Crippen molar-refractivity contribution < 1.29 is 18.7 Å². The molecule has 0 radical (unpaired) electrons. The molecule has 0 spiro atoms. The van der Waals surface area contributed by atoms with Gasteiger partial charge in [-0.2, -0.15) is 0 Å². The number of hydrogen-bond donors (Lipinski definition) is 2. The average molecular weight is 269 g/mol. The second-order valence-corrected chi connectivity index (χ2v) is 4.75. The molecule has 0 aliphatic rings. The first-order valence-electron chi connectivity index (χ1n) is 5.06. The molecular formula is C12H9F2NO2S. The van der Waals surface area contributed by atoms with Gasteiger partial charge in [-0.15, -0.1) is 11.3 Å². The molecule has 2 N–H and O–H groups in total. The van der Waals surface area contributed by atoms with Gasteiger partial charge < -0.3 is 10.4 Å². The molecule has 0 bridgehead atoms. The first kappa shape index (κ1) is 12.5. The standard InChI is InChI=1S/C12H9F2NO2S/c13-7-3-8(14)5-9(4-7)15-6-10-1-2-11(18-10)12(16)17/h1-5,15H,6H2,(H,16,17). The maximum absolute atomic E-state index is 12.9. The van der Waals surface area contributed by atoms with E-state index in [9.17, 15) is 13.6 Å². The van der Waals surface area contributed by atoms with E-state index in [4.69, 9.17) is 5.11 Å². The number of carboxylic acid groups (broad SMARTS) is 1. The number of carbonyl (C=O) groups is 1. The summed E-state index contributed by atoms with van der Waals surface area (Å²) in [6.45, 7) is 0.320. The second-order valence-electron chi connectivity index (χ2n) is 3.58. The fourth-order valence-electron chi connectivity index (χ4n) is 1.43. The molecular weight excluding hydrogens is 260 g/mol. The summed E-state index contributed by atoms with van der Waals surface area (Å²) in [4.78, 5) is 11.7.